The number of hydrogen-bond acceptors (Lipinski definition) is 1. The summed E-state index contributed by atoms with van der Waals surface area (Å²) in [5, 5.41) is 3.43. The first-order chi connectivity index (χ1) is 8.78. The highest BCUT2D eigenvalue weighted by molar-refractivity contribution is 14.1. The van der Waals surface area contributed by atoms with Crippen LogP contribution in [0.4, 0.5) is 0 Å². The van der Waals surface area contributed by atoms with E-state index in [-0.39, 0.29) is 0 Å². The minimum Gasteiger partial charge on any atom is -0.315 e. The molecule has 18 heavy (non-hydrogen) atoms. The Balaban J connectivity index is 1.87. The Kier molecular flexibility index (Phi) is 3.39. The van der Waals surface area contributed by atoms with Crippen molar-refractivity contribution in [2.75, 3.05) is 13.1 Å². The summed E-state index contributed by atoms with van der Waals surface area (Å²) in [6.07, 6.45) is 1.13. The fraction of sp³-hybridized carbons (Fsp3) is 0.250. The molecule has 1 aliphatic heterocycles. The fourth-order valence-corrected chi connectivity index (χ4v) is 3.00. The van der Waals surface area contributed by atoms with Gasteiger partial charge >= 0.3 is 0 Å². The zero-order valence-corrected chi connectivity index (χ0v) is 12.4. The molecule has 1 fully saturated rings. The highest BCUT2D eigenvalue weighted by atomic mass is 127. The molecule has 0 unspecified atom stereocenters. The summed E-state index contributed by atoms with van der Waals surface area (Å²) in [6.45, 7) is 2.17. The maximum Gasteiger partial charge on any atom is 0.0242 e. The van der Waals surface area contributed by atoms with E-state index < -0.39 is 0 Å². The van der Waals surface area contributed by atoms with Crippen LogP contribution in [-0.4, -0.2) is 13.1 Å². The van der Waals surface area contributed by atoms with Gasteiger partial charge in [0.15, 0.2) is 0 Å². The van der Waals surface area contributed by atoms with Crippen LogP contribution in [0.2, 0.25) is 0 Å². The molecule has 0 aliphatic carbocycles. The molecular formula is C16H16IN. The van der Waals surface area contributed by atoms with Crippen LogP contribution in [0.15, 0.2) is 54.6 Å². The van der Waals surface area contributed by atoms with E-state index in [2.05, 4.69) is 82.5 Å². The molecule has 0 spiro atoms. The highest BCUT2D eigenvalue weighted by Crippen LogP contribution is 2.32. The Morgan fingerprint density at radius 3 is 2.17 bits per heavy atom. The van der Waals surface area contributed by atoms with Crippen LogP contribution >= 0.6 is 22.6 Å². The maximum atomic E-state index is 3.43. The van der Waals surface area contributed by atoms with Crippen LogP contribution in [0.1, 0.15) is 11.1 Å². The molecule has 0 saturated carbocycles. The van der Waals surface area contributed by atoms with Crippen molar-refractivity contribution in [3.63, 3.8) is 0 Å². The van der Waals surface area contributed by atoms with Crippen molar-refractivity contribution < 1.29 is 0 Å². The smallest absolute Gasteiger partial charge is 0.0242 e. The molecule has 1 nitrogen and oxygen atoms in total. The third kappa shape index (κ3) is 2.31. The van der Waals surface area contributed by atoms with Gasteiger partial charge in [-0.3, -0.25) is 0 Å². The fourth-order valence-electron chi connectivity index (χ4n) is 2.64. The Morgan fingerprint density at radius 2 is 1.61 bits per heavy atom. The summed E-state index contributed by atoms with van der Waals surface area (Å²) in [5.41, 5.74) is 3.19. The lowest BCUT2D eigenvalue weighted by molar-refractivity contribution is 0.275. The predicted molar refractivity (Wildman–Crippen MR) is 83.9 cm³/mol. The largest absolute Gasteiger partial charge is 0.315 e. The average molecular weight is 349 g/mol. The molecule has 0 aromatic heterocycles. The van der Waals surface area contributed by atoms with Gasteiger partial charge in [-0.25, -0.2) is 0 Å². The molecule has 2 aromatic rings. The molecule has 92 valence electrons. The van der Waals surface area contributed by atoms with Gasteiger partial charge in [0, 0.05) is 22.1 Å². The summed E-state index contributed by atoms with van der Waals surface area (Å²) in [7, 11) is 0. The van der Waals surface area contributed by atoms with E-state index in [9.17, 15) is 0 Å². The van der Waals surface area contributed by atoms with E-state index in [1.165, 1.54) is 14.7 Å². The van der Waals surface area contributed by atoms with Crippen molar-refractivity contribution in [2.24, 2.45) is 0 Å². The van der Waals surface area contributed by atoms with Crippen molar-refractivity contribution in [3.8, 4) is 0 Å². The van der Waals surface area contributed by atoms with Crippen LogP contribution in [0, 0.1) is 3.57 Å². The second kappa shape index (κ2) is 5.02. The van der Waals surface area contributed by atoms with Crippen molar-refractivity contribution in [2.45, 2.75) is 11.8 Å². The van der Waals surface area contributed by atoms with E-state index in [0.717, 1.165) is 19.5 Å². The third-order valence-electron chi connectivity index (χ3n) is 3.77. The predicted octanol–water partition coefficient (Wildman–Crippen LogP) is 3.37. The zero-order valence-electron chi connectivity index (χ0n) is 10.2. The Morgan fingerprint density at radius 1 is 0.944 bits per heavy atom. The van der Waals surface area contributed by atoms with Crippen LogP contribution in [-0.2, 0) is 11.8 Å². The van der Waals surface area contributed by atoms with Crippen LogP contribution in [0.5, 0.6) is 0 Å². The summed E-state index contributed by atoms with van der Waals surface area (Å²) >= 11 is 2.36. The molecule has 0 atom stereocenters. The van der Waals surface area contributed by atoms with Crippen LogP contribution in [0.3, 0.4) is 0 Å². The van der Waals surface area contributed by atoms with Gasteiger partial charge < -0.3 is 5.32 Å². The van der Waals surface area contributed by atoms with Crippen molar-refractivity contribution in [3.05, 3.63) is 69.3 Å². The third-order valence-corrected chi connectivity index (χ3v) is 4.49. The summed E-state index contributed by atoms with van der Waals surface area (Å²) < 4.78 is 1.30. The van der Waals surface area contributed by atoms with Gasteiger partial charge in [-0.1, -0.05) is 42.5 Å². The minimum absolute atomic E-state index is 0.300. The van der Waals surface area contributed by atoms with E-state index in [1.807, 2.05) is 0 Å². The van der Waals surface area contributed by atoms with E-state index in [1.54, 1.807) is 0 Å². The molecule has 2 aromatic carbocycles. The van der Waals surface area contributed by atoms with E-state index in [4.69, 9.17) is 0 Å². The van der Waals surface area contributed by atoms with Crippen molar-refractivity contribution in [1.82, 2.24) is 5.32 Å². The first kappa shape index (κ1) is 12.2. The van der Waals surface area contributed by atoms with Gasteiger partial charge in [0.1, 0.15) is 0 Å². The van der Waals surface area contributed by atoms with Crippen LogP contribution < -0.4 is 5.32 Å². The Labute approximate surface area is 122 Å². The van der Waals surface area contributed by atoms with Gasteiger partial charge in [0.2, 0.25) is 0 Å². The minimum atomic E-state index is 0.300. The van der Waals surface area contributed by atoms with Gasteiger partial charge in [-0.15, -0.1) is 0 Å². The van der Waals surface area contributed by atoms with Gasteiger partial charge in [-0.05, 0) is 52.3 Å². The highest BCUT2D eigenvalue weighted by Gasteiger charge is 2.38. The van der Waals surface area contributed by atoms with Crippen molar-refractivity contribution >= 4 is 22.6 Å². The zero-order chi connectivity index (χ0) is 12.4. The second-order valence-corrected chi connectivity index (χ2v) is 6.30. The molecule has 1 saturated heterocycles. The normalized spacial score (nSPS) is 17.2. The van der Waals surface area contributed by atoms with E-state index >= 15 is 0 Å². The number of hydrogen-bond donors (Lipinski definition) is 1. The number of halogens is 1. The molecule has 1 heterocycles. The first-order valence-corrected chi connectivity index (χ1v) is 7.37. The molecule has 0 amide bonds. The molecule has 0 radical (unpaired) electrons. The molecule has 1 aliphatic rings. The monoisotopic (exact) mass is 349 g/mol. The molecule has 0 bridgehead atoms. The summed E-state index contributed by atoms with van der Waals surface area (Å²) in [5.74, 6) is 0. The van der Waals surface area contributed by atoms with Gasteiger partial charge in [-0.2, -0.15) is 0 Å². The van der Waals surface area contributed by atoms with E-state index in [0.29, 0.717) is 5.41 Å². The molecule has 3 rings (SSSR count). The lowest BCUT2D eigenvalue weighted by Gasteiger charge is -2.43. The average Bonchev–Trinajstić information content (AvgIpc) is 2.37. The number of benzene rings is 2. The van der Waals surface area contributed by atoms with Crippen LogP contribution in [0.25, 0.3) is 0 Å². The Bertz CT molecular complexity index is 515. The standard InChI is InChI=1S/C16H16IN/c17-15-8-6-13(7-9-15)10-16(11-18-12-16)14-4-2-1-3-5-14/h1-9,18H,10-12H2. The quantitative estimate of drug-likeness (QED) is 0.838. The lowest BCUT2D eigenvalue weighted by Crippen LogP contribution is -2.58. The molecule has 2 heteroatoms. The number of nitrogens with one attached hydrogen (secondary N) is 1. The SMILES string of the molecule is Ic1ccc(CC2(c3ccccc3)CNC2)cc1. The summed E-state index contributed by atoms with van der Waals surface area (Å²) in [4.78, 5) is 0. The summed E-state index contributed by atoms with van der Waals surface area (Å²) in [6, 6.07) is 19.8. The maximum absolute atomic E-state index is 3.43. The van der Waals surface area contributed by atoms with Gasteiger partial charge in [0.25, 0.3) is 0 Å². The van der Waals surface area contributed by atoms with Crippen molar-refractivity contribution in [1.29, 1.82) is 0 Å². The van der Waals surface area contributed by atoms with Gasteiger partial charge in [0.05, 0.1) is 0 Å². The molecular weight excluding hydrogens is 333 g/mol. The Hall–Kier alpha value is -0.870. The second-order valence-electron chi connectivity index (χ2n) is 5.05. The molecule has 1 N–H and O–H groups in total. The lowest BCUT2D eigenvalue weighted by atomic mass is 9.71. The first-order valence-electron chi connectivity index (χ1n) is 6.29. The number of rotatable bonds is 3. The topological polar surface area (TPSA) is 12.0 Å².